The van der Waals surface area contributed by atoms with Crippen LogP contribution in [0, 0.1) is 11.3 Å². The molecule has 0 spiro atoms. The van der Waals surface area contributed by atoms with Crippen LogP contribution in [0.4, 0.5) is 0 Å². The molecule has 1 N–H and O–H groups in total. The summed E-state index contributed by atoms with van der Waals surface area (Å²) >= 11 is 0. The second kappa shape index (κ2) is 7.13. The highest BCUT2D eigenvalue weighted by molar-refractivity contribution is 5.83. The van der Waals surface area contributed by atoms with Gasteiger partial charge in [-0.15, -0.1) is 0 Å². The Balaban J connectivity index is 2.73. The van der Waals surface area contributed by atoms with E-state index >= 15 is 0 Å². The summed E-state index contributed by atoms with van der Waals surface area (Å²) in [5, 5.41) is 3.38. The van der Waals surface area contributed by atoms with E-state index < -0.39 is 0 Å². The second-order valence-electron chi connectivity index (χ2n) is 5.81. The summed E-state index contributed by atoms with van der Waals surface area (Å²) in [4.78, 5) is 14.9. The first-order valence-corrected chi connectivity index (χ1v) is 7.59. The lowest BCUT2D eigenvalue weighted by Crippen LogP contribution is -2.46. The monoisotopic (exact) mass is 254 g/mol. The first-order chi connectivity index (χ1) is 8.59. The third-order valence-corrected chi connectivity index (χ3v) is 4.32. The lowest BCUT2D eigenvalue weighted by Gasteiger charge is -2.34. The highest BCUT2D eigenvalue weighted by Gasteiger charge is 2.42. The van der Waals surface area contributed by atoms with Crippen LogP contribution in [-0.4, -0.2) is 37.0 Å². The van der Waals surface area contributed by atoms with Gasteiger partial charge in [-0.05, 0) is 32.2 Å². The van der Waals surface area contributed by atoms with Crippen molar-refractivity contribution in [2.75, 3.05) is 26.2 Å². The molecule has 1 saturated heterocycles. The van der Waals surface area contributed by atoms with Gasteiger partial charge in [-0.25, -0.2) is 0 Å². The minimum Gasteiger partial charge on any atom is -0.342 e. The zero-order chi connectivity index (χ0) is 13.6. The molecule has 0 aromatic carbocycles. The fraction of sp³-hybridized carbons (Fsp3) is 0.933. The van der Waals surface area contributed by atoms with Gasteiger partial charge in [-0.3, -0.25) is 4.79 Å². The molecule has 0 radical (unpaired) electrons. The molecule has 3 nitrogen and oxygen atoms in total. The van der Waals surface area contributed by atoms with E-state index in [0.717, 1.165) is 51.9 Å². The van der Waals surface area contributed by atoms with Gasteiger partial charge in [0.25, 0.3) is 0 Å². The van der Waals surface area contributed by atoms with Gasteiger partial charge in [0.15, 0.2) is 0 Å². The molecular formula is C15H30N2O. The van der Waals surface area contributed by atoms with Gasteiger partial charge >= 0.3 is 0 Å². The molecule has 0 aromatic heterocycles. The van der Waals surface area contributed by atoms with E-state index in [0.29, 0.717) is 11.8 Å². The second-order valence-corrected chi connectivity index (χ2v) is 5.81. The third-order valence-electron chi connectivity index (χ3n) is 4.32. The van der Waals surface area contributed by atoms with Gasteiger partial charge in [0.2, 0.25) is 5.91 Å². The largest absolute Gasteiger partial charge is 0.342 e. The van der Waals surface area contributed by atoms with Crippen molar-refractivity contribution < 1.29 is 4.79 Å². The average Bonchev–Trinajstić information content (AvgIpc) is 2.85. The molecule has 106 valence electrons. The first-order valence-electron chi connectivity index (χ1n) is 7.59. The van der Waals surface area contributed by atoms with Crippen LogP contribution >= 0.6 is 0 Å². The van der Waals surface area contributed by atoms with Crippen LogP contribution in [0.1, 0.15) is 53.4 Å². The fourth-order valence-electron chi connectivity index (χ4n) is 2.92. The first kappa shape index (κ1) is 15.5. The molecule has 0 bridgehead atoms. The van der Waals surface area contributed by atoms with E-state index in [1.165, 1.54) is 0 Å². The van der Waals surface area contributed by atoms with Crippen LogP contribution in [-0.2, 0) is 4.79 Å². The van der Waals surface area contributed by atoms with E-state index in [-0.39, 0.29) is 5.41 Å². The summed E-state index contributed by atoms with van der Waals surface area (Å²) in [6, 6.07) is 0. The summed E-state index contributed by atoms with van der Waals surface area (Å²) in [5.74, 6) is 0.985. The van der Waals surface area contributed by atoms with Crippen molar-refractivity contribution in [1.29, 1.82) is 0 Å². The number of carbonyl (C=O) groups excluding carboxylic acids is 1. The highest BCUT2D eigenvalue weighted by atomic mass is 16.2. The predicted octanol–water partition coefficient (Wildman–Crippen LogP) is 2.66. The number of amides is 1. The van der Waals surface area contributed by atoms with E-state index in [4.69, 9.17) is 0 Å². The molecule has 2 atom stereocenters. The molecule has 18 heavy (non-hydrogen) atoms. The van der Waals surface area contributed by atoms with E-state index in [2.05, 4.69) is 37.9 Å². The highest BCUT2D eigenvalue weighted by Crippen LogP contribution is 2.33. The molecular weight excluding hydrogens is 224 g/mol. The minimum atomic E-state index is -0.113. The Labute approximate surface area is 112 Å². The molecule has 3 heteroatoms. The van der Waals surface area contributed by atoms with Crippen molar-refractivity contribution in [2.45, 2.75) is 53.4 Å². The maximum absolute atomic E-state index is 12.8. The summed E-state index contributed by atoms with van der Waals surface area (Å²) < 4.78 is 0. The summed E-state index contributed by atoms with van der Waals surface area (Å²) in [5.41, 5.74) is -0.113. The normalized spacial score (nSPS) is 25.1. The Morgan fingerprint density at radius 1 is 1.39 bits per heavy atom. The number of hydrogen-bond acceptors (Lipinski definition) is 2. The maximum Gasteiger partial charge on any atom is 0.230 e. The molecule has 1 aliphatic rings. The zero-order valence-corrected chi connectivity index (χ0v) is 12.6. The molecule has 1 fully saturated rings. The Kier molecular flexibility index (Phi) is 6.13. The quantitative estimate of drug-likeness (QED) is 0.757. The van der Waals surface area contributed by atoms with E-state index in [9.17, 15) is 4.79 Å². The Bertz CT molecular complexity index is 259. The van der Waals surface area contributed by atoms with Crippen LogP contribution in [0.3, 0.4) is 0 Å². The van der Waals surface area contributed by atoms with Crippen molar-refractivity contribution in [2.24, 2.45) is 11.3 Å². The van der Waals surface area contributed by atoms with E-state index in [1.807, 2.05) is 0 Å². The lowest BCUT2D eigenvalue weighted by atomic mass is 9.81. The molecule has 1 rings (SSSR count). The topological polar surface area (TPSA) is 32.3 Å². The van der Waals surface area contributed by atoms with Gasteiger partial charge in [0.05, 0.1) is 5.41 Å². The zero-order valence-electron chi connectivity index (χ0n) is 12.6. The minimum absolute atomic E-state index is 0.113. The van der Waals surface area contributed by atoms with Gasteiger partial charge in [0.1, 0.15) is 0 Å². The maximum atomic E-state index is 12.8. The number of hydrogen-bond donors (Lipinski definition) is 1. The van der Waals surface area contributed by atoms with E-state index in [1.54, 1.807) is 0 Å². The van der Waals surface area contributed by atoms with Gasteiger partial charge in [-0.1, -0.05) is 33.6 Å². The van der Waals surface area contributed by atoms with Crippen LogP contribution in [0.25, 0.3) is 0 Å². The van der Waals surface area contributed by atoms with Crippen molar-refractivity contribution >= 4 is 5.91 Å². The lowest BCUT2D eigenvalue weighted by molar-refractivity contribution is -0.142. The Morgan fingerprint density at radius 3 is 2.56 bits per heavy atom. The van der Waals surface area contributed by atoms with Crippen molar-refractivity contribution in [1.82, 2.24) is 10.2 Å². The summed E-state index contributed by atoms with van der Waals surface area (Å²) in [6.07, 6.45) is 4.27. The smallest absolute Gasteiger partial charge is 0.230 e. The molecule has 0 aromatic rings. The standard InChI is InChI=1S/C15H30N2O/c1-5-8-15(9-10-16-12-15)14(18)17(7-3)11-13(4)6-2/h13,16H,5-12H2,1-4H3. The molecule has 0 saturated carbocycles. The van der Waals surface area contributed by atoms with Crippen LogP contribution < -0.4 is 5.32 Å². The summed E-state index contributed by atoms with van der Waals surface area (Å²) in [6.45, 7) is 12.3. The molecule has 1 heterocycles. The molecule has 1 amide bonds. The van der Waals surface area contributed by atoms with Crippen molar-refractivity contribution in [3.8, 4) is 0 Å². The number of nitrogens with zero attached hydrogens (tertiary/aromatic N) is 1. The van der Waals surface area contributed by atoms with Gasteiger partial charge in [0, 0.05) is 19.6 Å². The number of nitrogens with one attached hydrogen (secondary N) is 1. The number of carbonyl (C=O) groups is 1. The Morgan fingerprint density at radius 2 is 2.11 bits per heavy atom. The van der Waals surface area contributed by atoms with Gasteiger partial charge in [-0.2, -0.15) is 0 Å². The SMILES string of the molecule is CCCC1(C(=O)N(CC)CC(C)CC)CCNC1. The van der Waals surface area contributed by atoms with Crippen LogP contribution in [0.15, 0.2) is 0 Å². The Hall–Kier alpha value is -0.570. The number of rotatable bonds is 7. The van der Waals surface area contributed by atoms with Crippen molar-refractivity contribution in [3.05, 3.63) is 0 Å². The summed E-state index contributed by atoms with van der Waals surface area (Å²) in [7, 11) is 0. The third kappa shape index (κ3) is 3.47. The molecule has 2 unspecified atom stereocenters. The average molecular weight is 254 g/mol. The van der Waals surface area contributed by atoms with Crippen LogP contribution in [0.5, 0.6) is 0 Å². The van der Waals surface area contributed by atoms with Crippen LogP contribution in [0.2, 0.25) is 0 Å². The molecule has 1 aliphatic heterocycles. The molecule has 0 aliphatic carbocycles. The predicted molar refractivity (Wildman–Crippen MR) is 76.5 cm³/mol. The fourth-order valence-corrected chi connectivity index (χ4v) is 2.92. The van der Waals surface area contributed by atoms with Crippen molar-refractivity contribution in [3.63, 3.8) is 0 Å². The van der Waals surface area contributed by atoms with Gasteiger partial charge < -0.3 is 10.2 Å².